The van der Waals surface area contributed by atoms with Crippen LogP contribution >= 0.6 is 0 Å². The van der Waals surface area contributed by atoms with E-state index in [1.807, 2.05) is 11.0 Å². The molecular formula is C15H24N2O. The lowest BCUT2D eigenvalue weighted by Crippen LogP contribution is -2.55. The molecule has 1 heterocycles. The highest BCUT2D eigenvalue weighted by molar-refractivity contribution is 5.96. The average Bonchev–Trinajstić information content (AvgIpc) is 2.38. The van der Waals surface area contributed by atoms with Gasteiger partial charge in [-0.1, -0.05) is 18.2 Å². The zero-order chi connectivity index (χ0) is 13.1. The van der Waals surface area contributed by atoms with Crippen molar-refractivity contribution in [1.29, 1.82) is 0 Å². The molecule has 3 heteroatoms. The van der Waals surface area contributed by atoms with Gasteiger partial charge < -0.3 is 4.90 Å². The van der Waals surface area contributed by atoms with Crippen LogP contribution in [0.5, 0.6) is 0 Å². The molecule has 2 aliphatic rings. The largest absolute Gasteiger partial charge is 0.336 e. The molecule has 100 valence electrons. The summed E-state index contributed by atoms with van der Waals surface area (Å²) < 4.78 is 0. The smallest absolute Gasteiger partial charge is 0.253 e. The minimum absolute atomic E-state index is 0.209. The van der Waals surface area contributed by atoms with Gasteiger partial charge in [0, 0.05) is 37.3 Å². The van der Waals surface area contributed by atoms with E-state index in [4.69, 9.17) is 0 Å². The summed E-state index contributed by atoms with van der Waals surface area (Å²) in [5.74, 6) is 0.209. The van der Waals surface area contributed by atoms with E-state index in [9.17, 15) is 4.79 Å². The molecule has 1 atom stereocenters. The Hall–Kier alpha value is -1.09. The summed E-state index contributed by atoms with van der Waals surface area (Å²) in [6.07, 6.45) is 8.21. The fraction of sp³-hybridized carbons (Fsp3) is 0.667. The summed E-state index contributed by atoms with van der Waals surface area (Å²) in [4.78, 5) is 16.8. The lowest BCUT2D eigenvalue weighted by molar-refractivity contribution is -0.130. The summed E-state index contributed by atoms with van der Waals surface area (Å²) in [6.45, 7) is 9.35. The number of carbonyl (C=O) groups excluding carboxylic acids is 1. The van der Waals surface area contributed by atoms with E-state index in [2.05, 4.69) is 37.8 Å². The summed E-state index contributed by atoms with van der Waals surface area (Å²) in [5.41, 5.74) is 0.881. The molecule has 1 saturated heterocycles. The maximum atomic E-state index is 12.4. The summed E-state index contributed by atoms with van der Waals surface area (Å²) >= 11 is 0. The van der Waals surface area contributed by atoms with Crippen molar-refractivity contribution >= 4 is 5.91 Å². The normalized spacial score (nSPS) is 25.4. The van der Waals surface area contributed by atoms with Crippen molar-refractivity contribution in [2.75, 3.05) is 19.6 Å². The predicted molar refractivity (Wildman–Crippen MR) is 74.3 cm³/mol. The van der Waals surface area contributed by atoms with Crippen molar-refractivity contribution < 1.29 is 4.79 Å². The summed E-state index contributed by atoms with van der Waals surface area (Å²) in [6, 6.07) is 1.02. The molecule has 1 aliphatic carbocycles. The molecule has 0 bridgehead atoms. The fourth-order valence-corrected chi connectivity index (χ4v) is 2.88. The fourth-order valence-electron chi connectivity index (χ4n) is 2.88. The van der Waals surface area contributed by atoms with Gasteiger partial charge in [-0.25, -0.2) is 0 Å². The molecule has 2 rings (SSSR count). The van der Waals surface area contributed by atoms with Gasteiger partial charge >= 0.3 is 0 Å². The second-order valence-corrected chi connectivity index (χ2v) is 5.57. The van der Waals surface area contributed by atoms with Crippen molar-refractivity contribution in [2.45, 2.75) is 45.7 Å². The topological polar surface area (TPSA) is 23.6 Å². The van der Waals surface area contributed by atoms with Gasteiger partial charge in [0.2, 0.25) is 0 Å². The van der Waals surface area contributed by atoms with Gasteiger partial charge in [-0.15, -0.1) is 0 Å². The highest BCUT2D eigenvalue weighted by atomic mass is 16.2. The van der Waals surface area contributed by atoms with Crippen molar-refractivity contribution in [3.05, 3.63) is 23.8 Å². The Morgan fingerprint density at radius 3 is 2.67 bits per heavy atom. The van der Waals surface area contributed by atoms with Crippen molar-refractivity contribution in [1.82, 2.24) is 9.80 Å². The van der Waals surface area contributed by atoms with Crippen LogP contribution in [0.1, 0.15) is 33.6 Å². The second-order valence-electron chi connectivity index (χ2n) is 5.57. The molecule has 18 heavy (non-hydrogen) atoms. The number of nitrogens with zero attached hydrogens (tertiary/aromatic N) is 2. The first-order chi connectivity index (χ1) is 8.59. The zero-order valence-electron chi connectivity index (χ0n) is 11.7. The molecule has 1 amide bonds. The Morgan fingerprint density at radius 1 is 1.33 bits per heavy atom. The standard InChI is InChI=1S/C15H24N2O/c1-12(2)17-10-9-16(11-13(17)3)15(18)14-7-5-4-6-8-14/h5,7-8,12-13H,4,6,9-11H2,1-3H3/t13-/m1/s1. The van der Waals surface area contributed by atoms with E-state index in [0.717, 1.165) is 38.0 Å². The number of hydrogen-bond donors (Lipinski definition) is 0. The Bertz CT molecular complexity index is 371. The number of piperazine rings is 1. The van der Waals surface area contributed by atoms with Crippen molar-refractivity contribution in [3.63, 3.8) is 0 Å². The van der Waals surface area contributed by atoms with E-state index in [-0.39, 0.29) is 5.91 Å². The van der Waals surface area contributed by atoms with Crippen LogP contribution in [0.3, 0.4) is 0 Å². The van der Waals surface area contributed by atoms with Gasteiger partial charge in [0.1, 0.15) is 0 Å². The third-order valence-corrected chi connectivity index (χ3v) is 3.87. The molecule has 0 radical (unpaired) electrons. The first kappa shape index (κ1) is 13.3. The number of hydrogen-bond acceptors (Lipinski definition) is 2. The molecule has 0 aromatic rings. The van der Waals surface area contributed by atoms with Gasteiger partial charge in [-0.05, 0) is 33.6 Å². The van der Waals surface area contributed by atoms with Crippen LogP contribution in [0.2, 0.25) is 0 Å². The van der Waals surface area contributed by atoms with Crippen LogP contribution in [0.15, 0.2) is 23.8 Å². The van der Waals surface area contributed by atoms with Crippen LogP contribution in [-0.2, 0) is 4.79 Å². The molecular weight excluding hydrogens is 224 g/mol. The molecule has 0 aromatic carbocycles. The first-order valence-electron chi connectivity index (χ1n) is 7.01. The highest BCUT2D eigenvalue weighted by Crippen LogP contribution is 2.17. The molecule has 0 spiro atoms. The maximum absolute atomic E-state index is 12.4. The molecule has 0 N–H and O–H groups in total. The molecule has 1 aliphatic heterocycles. The monoisotopic (exact) mass is 248 g/mol. The van der Waals surface area contributed by atoms with E-state index in [1.165, 1.54) is 0 Å². The third kappa shape index (κ3) is 2.83. The minimum atomic E-state index is 0.209. The van der Waals surface area contributed by atoms with Crippen molar-refractivity contribution in [3.8, 4) is 0 Å². The molecule has 0 unspecified atom stereocenters. The Morgan fingerprint density at radius 2 is 2.11 bits per heavy atom. The molecule has 3 nitrogen and oxygen atoms in total. The first-order valence-corrected chi connectivity index (χ1v) is 7.01. The van der Waals surface area contributed by atoms with Crippen LogP contribution in [0.25, 0.3) is 0 Å². The second kappa shape index (κ2) is 5.70. The Kier molecular flexibility index (Phi) is 4.23. The van der Waals surface area contributed by atoms with Gasteiger partial charge in [0.05, 0.1) is 0 Å². The zero-order valence-corrected chi connectivity index (χ0v) is 11.7. The maximum Gasteiger partial charge on any atom is 0.253 e. The Balaban J connectivity index is 1.98. The van der Waals surface area contributed by atoms with E-state index < -0.39 is 0 Å². The minimum Gasteiger partial charge on any atom is -0.336 e. The molecule has 1 fully saturated rings. The number of carbonyl (C=O) groups is 1. The van der Waals surface area contributed by atoms with Gasteiger partial charge in [-0.3, -0.25) is 9.69 Å². The van der Waals surface area contributed by atoms with Crippen LogP contribution in [-0.4, -0.2) is 47.4 Å². The molecule has 0 saturated carbocycles. The summed E-state index contributed by atoms with van der Waals surface area (Å²) in [5, 5.41) is 0. The SMILES string of the molecule is CC(C)N1CCN(C(=O)C2=CCCC=C2)C[C@H]1C. The lowest BCUT2D eigenvalue weighted by Gasteiger charge is -2.42. The van der Waals surface area contributed by atoms with E-state index in [1.54, 1.807) is 0 Å². The quantitative estimate of drug-likeness (QED) is 0.748. The van der Waals surface area contributed by atoms with Crippen LogP contribution in [0, 0.1) is 0 Å². The van der Waals surface area contributed by atoms with Gasteiger partial charge in [0.15, 0.2) is 0 Å². The number of rotatable bonds is 2. The van der Waals surface area contributed by atoms with Crippen LogP contribution < -0.4 is 0 Å². The number of amides is 1. The van der Waals surface area contributed by atoms with Crippen molar-refractivity contribution in [2.24, 2.45) is 0 Å². The van der Waals surface area contributed by atoms with Crippen LogP contribution in [0.4, 0.5) is 0 Å². The Labute approximate surface area is 110 Å². The van der Waals surface area contributed by atoms with Gasteiger partial charge in [-0.2, -0.15) is 0 Å². The highest BCUT2D eigenvalue weighted by Gasteiger charge is 2.28. The van der Waals surface area contributed by atoms with Gasteiger partial charge in [0.25, 0.3) is 5.91 Å². The van der Waals surface area contributed by atoms with E-state index in [0.29, 0.717) is 12.1 Å². The van der Waals surface area contributed by atoms with E-state index >= 15 is 0 Å². The number of allylic oxidation sites excluding steroid dienone is 2. The molecule has 0 aromatic heterocycles. The lowest BCUT2D eigenvalue weighted by atomic mass is 10.0. The average molecular weight is 248 g/mol. The third-order valence-electron chi connectivity index (χ3n) is 3.87. The predicted octanol–water partition coefficient (Wildman–Crippen LogP) is 2.20. The summed E-state index contributed by atoms with van der Waals surface area (Å²) in [7, 11) is 0.